The molecule has 3 heteroatoms. The number of allylic oxidation sites excluding steroid dienone is 2. The Morgan fingerprint density at radius 1 is 1.11 bits per heavy atom. The molecule has 27 heavy (non-hydrogen) atoms. The van der Waals surface area contributed by atoms with Crippen LogP contribution in [-0.2, 0) is 9.53 Å². The standard InChI is InChI=1S/C24H33NO2/c26-23(22(21-12-5-6-13-21)20-10-3-1-4-11-20)27-19-18-25-17-9-16-24(25)14-7-2-8-15-24/h1,3-5,10-12,21-22H,2,6-9,13-19H2/t21-,22-/m0/s1. The maximum absolute atomic E-state index is 13.0. The van der Waals surface area contributed by atoms with E-state index in [1.165, 1.54) is 51.5 Å². The summed E-state index contributed by atoms with van der Waals surface area (Å²) in [5, 5.41) is 0. The van der Waals surface area contributed by atoms with Crippen molar-refractivity contribution in [3.63, 3.8) is 0 Å². The summed E-state index contributed by atoms with van der Waals surface area (Å²) in [6, 6.07) is 10.2. The molecule has 0 bridgehead atoms. The fourth-order valence-corrected chi connectivity index (χ4v) is 5.62. The van der Waals surface area contributed by atoms with Crippen LogP contribution in [0.15, 0.2) is 42.5 Å². The van der Waals surface area contributed by atoms with Crippen LogP contribution in [0.3, 0.4) is 0 Å². The molecule has 0 radical (unpaired) electrons. The first kappa shape index (κ1) is 18.7. The van der Waals surface area contributed by atoms with Gasteiger partial charge < -0.3 is 4.74 Å². The van der Waals surface area contributed by atoms with E-state index in [1.807, 2.05) is 18.2 Å². The SMILES string of the molecule is O=C(OCCN1CCCC12CCCCC2)[C@@H](c1ccccc1)[C@H]1C=CCC1. The quantitative estimate of drug-likeness (QED) is 0.519. The largest absolute Gasteiger partial charge is 0.464 e. The Balaban J connectivity index is 1.36. The van der Waals surface area contributed by atoms with E-state index < -0.39 is 0 Å². The first-order chi connectivity index (χ1) is 13.3. The van der Waals surface area contributed by atoms with E-state index in [-0.39, 0.29) is 17.8 Å². The maximum atomic E-state index is 13.0. The molecule has 1 aromatic rings. The van der Waals surface area contributed by atoms with Crippen molar-refractivity contribution < 1.29 is 9.53 Å². The lowest BCUT2D eigenvalue weighted by Gasteiger charge is -2.41. The number of benzene rings is 1. The first-order valence-corrected chi connectivity index (χ1v) is 10.9. The van der Waals surface area contributed by atoms with Crippen molar-refractivity contribution in [2.45, 2.75) is 69.2 Å². The number of rotatable bonds is 6. The van der Waals surface area contributed by atoms with Gasteiger partial charge in [0.15, 0.2) is 0 Å². The lowest BCUT2D eigenvalue weighted by atomic mass is 9.80. The van der Waals surface area contributed by atoms with Crippen LogP contribution >= 0.6 is 0 Å². The van der Waals surface area contributed by atoms with Gasteiger partial charge in [-0.3, -0.25) is 9.69 Å². The highest BCUT2D eigenvalue weighted by Gasteiger charge is 2.41. The monoisotopic (exact) mass is 367 g/mol. The molecular formula is C24H33NO2. The second-order valence-electron chi connectivity index (χ2n) is 8.60. The Morgan fingerprint density at radius 2 is 1.89 bits per heavy atom. The zero-order valence-electron chi connectivity index (χ0n) is 16.4. The van der Waals surface area contributed by atoms with Crippen molar-refractivity contribution in [1.82, 2.24) is 4.90 Å². The van der Waals surface area contributed by atoms with E-state index >= 15 is 0 Å². The van der Waals surface area contributed by atoms with Gasteiger partial charge >= 0.3 is 5.97 Å². The van der Waals surface area contributed by atoms with Crippen LogP contribution < -0.4 is 0 Å². The number of hydrogen-bond acceptors (Lipinski definition) is 3. The number of hydrogen-bond donors (Lipinski definition) is 0. The molecule has 3 aliphatic rings. The predicted molar refractivity (Wildman–Crippen MR) is 109 cm³/mol. The van der Waals surface area contributed by atoms with Gasteiger partial charge in [-0.05, 0) is 56.6 Å². The van der Waals surface area contributed by atoms with Gasteiger partial charge in [0.1, 0.15) is 6.61 Å². The Kier molecular flexibility index (Phi) is 5.97. The van der Waals surface area contributed by atoms with E-state index in [4.69, 9.17) is 4.74 Å². The number of nitrogens with zero attached hydrogens (tertiary/aromatic N) is 1. The van der Waals surface area contributed by atoms with Gasteiger partial charge in [0.25, 0.3) is 0 Å². The number of esters is 1. The van der Waals surface area contributed by atoms with Crippen LogP contribution in [0.2, 0.25) is 0 Å². The second kappa shape index (κ2) is 8.60. The van der Waals surface area contributed by atoms with E-state index in [1.54, 1.807) is 0 Å². The molecule has 0 aromatic heterocycles. The topological polar surface area (TPSA) is 29.5 Å². The third-order valence-electron chi connectivity index (χ3n) is 7.02. The third-order valence-corrected chi connectivity index (χ3v) is 7.02. The molecule has 4 rings (SSSR count). The summed E-state index contributed by atoms with van der Waals surface area (Å²) in [6.45, 7) is 2.60. The highest BCUT2D eigenvalue weighted by Crippen LogP contribution is 2.41. The molecule has 1 saturated heterocycles. The highest BCUT2D eigenvalue weighted by atomic mass is 16.5. The van der Waals surface area contributed by atoms with Crippen molar-refractivity contribution in [1.29, 1.82) is 0 Å². The number of carbonyl (C=O) groups is 1. The molecule has 2 atom stereocenters. The fourth-order valence-electron chi connectivity index (χ4n) is 5.62. The van der Waals surface area contributed by atoms with Crippen molar-refractivity contribution in [3.05, 3.63) is 48.0 Å². The summed E-state index contributed by atoms with van der Waals surface area (Å²) in [5.41, 5.74) is 1.50. The molecule has 2 aliphatic carbocycles. The molecule has 1 aliphatic heterocycles. The third kappa shape index (κ3) is 4.13. The van der Waals surface area contributed by atoms with Gasteiger partial charge in [-0.2, -0.15) is 0 Å². The van der Waals surface area contributed by atoms with Crippen LogP contribution in [0, 0.1) is 5.92 Å². The average Bonchev–Trinajstić information content (AvgIpc) is 3.35. The molecular weight excluding hydrogens is 334 g/mol. The van der Waals surface area contributed by atoms with Crippen molar-refractivity contribution in [3.8, 4) is 0 Å². The molecule has 2 fully saturated rings. The Labute approximate surface area is 163 Å². The van der Waals surface area contributed by atoms with Crippen LogP contribution in [0.25, 0.3) is 0 Å². The molecule has 146 valence electrons. The van der Waals surface area contributed by atoms with E-state index in [2.05, 4.69) is 29.2 Å². The molecule has 1 heterocycles. The normalized spacial score (nSPS) is 25.7. The highest BCUT2D eigenvalue weighted by molar-refractivity contribution is 5.79. The van der Waals surface area contributed by atoms with E-state index in [0.717, 1.165) is 24.9 Å². The number of likely N-dealkylation sites (tertiary alicyclic amines) is 1. The maximum Gasteiger partial charge on any atom is 0.314 e. The summed E-state index contributed by atoms with van der Waals surface area (Å²) >= 11 is 0. The minimum absolute atomic E-state index is 0.0466. The number of carbonyl (C=O) groups excluding carboxylic acids is 1. The summed E-state index contributed by atoms with van der Waals surface area (Å²) in [4.78, 5) is 15.6. The second-order valence-corrected chi connectivity index (χ2v) is 8.60. The van der Waals surface area contributed by atoms with Gasteiger partial charge in [-0.25, -0.2) is 0 Å². The zero-order valence-corrected chi connectivity index (χ0v) is 16.4. The summed E-state index contributed by atoms with van der Waals surface area (Å²) in [7, 11) is 0. The van der Waals surface area contributed by atoms with Crippen molar-refractivity contribution in [2.24, 2.45) is 5.92 Å². The average molecular weight is 368 g/mol. The lowest BCUT2D eigenvalue weighted by molar-refractivity contribution is -0.147. The predicted octanol–water partition coefficient (Wildman–Crippen LogP) is 5.08. The summed E-state index contributed by atoms with van der Waals surface area (Å²) in [6.07, 6.45) is 15.9. The van der Waals surface area contributed by atoms with Gasteiger partial charge in [-0.1, -0.05) is 61.7 Å². The Bertz CT molecular complexity index is 648. The van der Waals surface area contributed by atoms with Crippen molar-refractivity contribution in [2.75, 3.05) is 19.7 Å². The number of ether oxygens (including phenoxy) is 1. The van der Waals surface area contributed by atoms with Gasteiger partial charge in [0.2, 0.25) is 0 Å². The van der Waals surface area contributed by atoms with Crippen LogP contribution in [0.4, 0.5) is 0 Å². The molecule has 3 nitrogen and oxygen atoms in total. The van der Waals surface area contributed by atoms with Crippen molar-refractivity contribution >= 4 is 5.97 Å². The lowest BCUT2D eigenvalue weighted by Crippen LogP contribution is -2.46. The van der Waals surface area contributed by atoms with Crippen LogP contribution in [0.1, 0.15) is 69.3 Å². The van der Waals surface area contributed by atoms with Crippen LogP contribution in [-0.4, -0.2) is 36.1 Å². The zero-order chi connectivity index (χ0) is 18.5. The van der Waals surface area contributed by atoms with Gasteiger partial charge in [0, 0.05) is 12.1 Å². The van der Waals surface area contributed by atoms with Gasteiger partial charge in [-0.15, -0.1) is 0 Å². The first-order valence-electron chi connectivity index (χ1n) is 10.9. The Morgan fingerprint density at radius 3 is 2.63 bits per heavy atom. The molecule has 0 unspecified atom stereocenters. The van der Waals surface area contributed by atoms with Crippen LogP contribution in [0.5, 0.6) is 0 Å². The smallest absolute Gasteiger partial charge is 0.314 e. The molecule has 0 amide bonds. The minimum Gasteiger partial charge on any atom is -0.464 e. The minimum atomic E-state index is -0.160. The van der Waals surface area contributed by atoms with Gasteiger partial charge in [0.05, 0.1) is 5.92 Å². The summed E-state index contributed by atoms with van der Waals surface area (Å²) in [5.74, 6) is 0.0678. The molecule has 1 saturated carbocycles. The van der Waals surface area contributed by atoms with E-state index in [0.29, 0.717) is 12.1 Å². The molecule has 1 spiro atoms. The summed E-state index contributed by atoms with van der Waals surface area (Å²) < 4.78 is 5.85. The fraction of sp³-hybridized carbons (Fsp3) is 0.625. The Hall–Kier alpha value is -1.61. The molecule has 1 aromatic carbocycles. The molecule has 0 N–H and O–H groups in total. The van der Waals surface area contributed by atoms with E-state index in [9.17, 15) is 4.79 Å².